The lowest BCUT2D eigenvalue weighted by Gasteiger charge is -2.19. The topological polar surface area (TPSA) is 99.1 Å². The molecule has 1 aliphatic carbocycles. The molecule has 10 heteroatoms. The minimum absolute atomic E-state index is 0.172. The molecule has 0 bridgehead atoms. The van der Waals surface area contributed by atoms with Crippen LogP contribution in [0, 0.1) is 0 Å². The van der Waals surface area contributed by atoms with E-state index in [0.717, 1.165) is 16.8 Å². The van der Waals surface area contributed by atoms with E-state index in [1.165, 1.54) is 8.61 Å². The zero-order valence-corrected chi connectivity index (χ0v) is 23.1. The van der Waals surface area contributed by atoms with Crippen LogP contribution < -0.4 is 5.43 Å². The van der Waals surface area contributed by atoms with Crippen molar-refractivity contribution >= 4 is 31.4 Å². The molecule has 0 spiro atoms. The summed E-state index contributed by atoms with van der Waals surface area (Å²) in [5, 5.41) is 4.64. The highest BCUT2D eigenvalue weighted by Gasteiger charge is 2.31. The molecule has 0 radical (unpaired) electrons. The Labute approximate surface area is 219 Å². The zero-order chi connectivity index (χ0) is 26.8. The van der Waals surface area contributed by atoms with Gasteiger partial charge in [-0.05, 0) is 47.5 Å². The van der Waals surface area contributed by atoms with Gasteiger partial charge in [0.2, 0.25) is 20.0 Å². The number of rotatable bonds is 10. The van der Waals surface area contributed by atoms with Crippen molar-refractivity contribution in [1.29, 1.82) is 0 Å². The van der Waals surface area contributed by atoms with Gasteiger partial charge in [-0.2, -0.15) is 13.7 Å². The lowest BCUT2D eigenvalue weighted by Crippen LogP contribution is -2.30. The van der Waals surface area contributed by atoms with Crippen LogP contribution in [0.5, 0.6) is 0 Å². The van der Waals surface area contributed by atoms with Gasteiger partial charge in [-0.15, -0.1) is 0 Å². The second-order valence-corrected chi connectivity index (χ2v) is 12.4. The molecule has 0 aromatic heterocycles. The number of hydrogen-bond acceptors (Lipinski definition) is 6. The highest BCUT2D eigenvalue weighted by Crippen LogP contribution is 2.40. The van der Waals surface area contributed by atoms with E-state index in [1.54, 1.807) is 64.1 Å². The number of nitrogens with zero attached hydrogens (tertiary/aromatic N) is 3. The van der Waals surface area contributed by atoms with E-state index >= 15 is 0 Å². The summed E-state index contributed by atoms with van der Waals surface area (Å²) in [6.07, 6.45) is 0. The Morgan fingerprint density at radius 1 is 0.622 bits per heavy atom. The van der Waals surface area contributed by atoms with Crippen LogP contribution in [-0.2, 0) is 20.0 Å². The molecule has 1 N–H and O–H groups in total. The average Bonchev–Trinajstić information content (AvgIpc) is 3.21. The molecule has 0 unspecified atom stereocenters. The lowest BCUT2D eigenvalue weighted by molar-refractivity contribution is 0.444. The van der Waals surface area contributed by atoms with Crippen molar-refractivity contribution in [1.82, 2.24) is 8.61 Å². The van der Waals surface area contributed by atoms with E-state index in [-0.39, 0.29) is 9.79 Å². The first-order valence-corrected chi connectivity index (χ1v) is 15.2. The SMILES string of the molecule is CCN(CC)S(=O)(=O)c1ccc2c(c1)C(=NNc1ccccc1)c1cc(S(=O)(=O)N(CC)CC)ccc1-2. The lowest BCUT2D eigenvalue weighted by atomic mass is 10.1. The van der Waals surface area contributed by atoms with Gasteiger partial charge < -0.3 is 0 Å². The third-order valence-electron chi connectivity index (χ3n) is 6.54. The second-order valence-electron chi connectivity index (χ2n) is 8.53. The Balaban J connectivity index is 1.89. The largest absolute Gasteiger partial charge is 0.278 e. The molecule has 0 heterocycles. The number of sulfonamides is 2. The summed E-state index contributed by atoms with van der Waals surface area (Å²) in [5.74, 6) is 0. The van der Waals surface area contributed by atoms with Crippen LogP contribution in [0.3, 0.4) is 0 Å². The van der Waals surface area contributed by atoms with Crippen molar-refractivity contribution in [2.75, 3.05) is 31.6 Å². The minimum atomic E-state index is -3.69. The quantitative estimate of drug-likeness (QED) is 0.297. The summed E-state index contributed by atoms with van der Waals surface area (Å²) in [7, 11) is -7.39. The maximum absolute atomic E-state index is 13.3. The fourth-order valence-corrected chi connectivity index (χ4v) is 7.52. The second kappa shape index (κ2) is 10.7. The molecule has 4 rings (SSSR count). The number of nitrogens with one attached hydrogen (secondary N) is 1. The Morgan fingerprint density at radius 3 is 1.46 bits per heavy atom. The Bertz CT molecular complexity index is 1430. The van der Waals surface area contributed by atoms with Gasteiger partial charge in [-0.1, -0.05) is 58.0 Å². The first kappa shape index (κ1) is 27.0. The molecule has 0 atom stereocenters. The first-order valence-electron chi connectivity index (χ1n) is 12.4. The molecule has 0 fully saturated rings. The van der Waals surface area contributed by atoms with E-state index in [2.05, 4.69) is 10.5 Å². The maximum atomic E-state index is 13.3. The van der Waals surface area contributed by atoms with Crippen LogP contribution in [-0.4, -0.2) is 57.3 Å². The molecular formula is C27H32N4O4S2. The van der Waals surface area contributed by atoms with Crippen LogP contribution in [0.4, 0.5) is 5.69 Å². The molecule has 196 valence electrons. The number of hydrazone groups is 1. The summed E-state index contributed by atoms with van der Waals surface area (Å²) in [6.45, 7) is 8.66. The first-order chi connectivity index (χ1) is 17.7. The predicted octanol–water partition coefficient (Wildman–Crippen LogP) is 4.59. The summed E-state index contributed by atoms with van der Waals surface area (Å²) < 4.78 is 55.9. The molecular weight excluding hydrogens is 508 g/mol. The van der Waals surface area contributed by atoms with Crippen LogP contribution in [0.25, 0.3) is 11.1 Å². The molecule has 0 aliphatic heterocycles. The van der Waals surface area contributed by atoms with Crippen molar-refractivity contribution in [2.45, 2.75) is 37.5 Å². The van der Waals surface area contributed by atoms with Gasteiger partial charge in [0.25, 0.3) is 0 Å². The minimum Gasteiger partial charge on any atom is -0.278 e. The van der Waals surface area contributed by atoms with E-state index in [0.29, 0.717) is 43.0 Å². The van der Waals surface area contributed by atoms with Gasteiger partial charge in [0.05, 0.1) is 21.2 Å². The number of fused-ring (bicyclic) bond motifs is 3. The van der Waals surface area contributed by atoms with Crippen LogP contribution >= 0.6 is 0 Å². The third kappa shape index (κ3) is 4.94. The summed E-state index contributed by atoms with van der Waals surface area (Å²) >= 11 is 0. The van der Waals surface area contributed by atoms with Crippen molar-refractivity contribution in [3.8, 4) is 11.1 Å². The molecule has 3 aromatic rings. The number of anilines is 1. The molecule has 1 aliphatic rings. The fourth-order valence-electron chi connectivity index (χ4n) is 4.55. The van der Waals surface area contributed by atoms with Gasteiger partial charge in [0, 0.05) is 37.3 Å². The summed E-state index contributed by atoms with van der Waals surface area (Å²) in [4.78, 5) is 0.345. The molecule has 37 heavy (non-hydrogen) atoms. The molecule has 0 amide bonds. The van der Waals surface area contributed by atoms with Gasteiger partial charge in [0.15, 0.2) is 0 Å². The normalized spacial score (nSPS) is 13.1. The van der Waals surface area contributed by atoms with Crippen LogP contribution in [0.2, 0.25) is 0 Å². The highest BCUT2D eigenvalue weighted by molar-refractivity contribution is 7.89. The van der Waals surface area contributed by atoms with Crippen LogP contribution in [0.15, 0.2) is 81.6 Å². The van der Waals surface area contributed by atoms with Crippen LogP contribution in [0.1, 0.15) is 38.8 Å². The van der Waals surface area contributed by atoms with Gasteiger partial charge in [-0.3, -0.25) is 5.43 Å². The van der Waals surface area contributed by atoms with Crippen molar-refractivity contribution in [2.24, 2.45) is 5.10 Å². The molecule has 0 saturated carbocycles. The fraction of sp³-hybridized carbons (Fsp3) is 0.296. The van der Waals surface area contributed by atoms with E-state index in [1.807, 2.05) is 30.3 Å². The van der Waals surface area contributed by atoms with Crippen molar-refractivity contribution < 1.29 is 16.8 Å². The summed E-state index contributed by atoms with van der Waals surface area (Å²) in [5.41, 5.74) is 7.14. The standard InChI is InChI=1S/C27H32N4O4S2/c1-5-30(6-2)36(32,33)21-14-16-23-24-17-15-22(37(34,35)31(7-3)8-4)19-26(24)27(25(23)18-21)29-28-20-12-10-9-11-13-20/h9-19,28H,5-8H2,1-4H3. The Hall–Kier alpha value is -3.05. The molecule has 3 aromatic carbocycles. The summed E-state index contributed by atoms with van der Waals surface area (Å²) in [6, 6.07) is 19.4. The number of hydrogen-bond donors (Lipinski definition) is 1. The average molecular weight is 541 g/mol. The Morgan fingerprint density at radius 2 is 1.05 bits per heavy atom. The van der Waals surface area contributed by atoms with Gasteiger partial charge >= 0.3 is 0 Å². The Kier molecular flexibility index (Phi) is 7.84. The van der Waals surface area contributed by atoms with Gasteiger partial charge in [0.1, 0.15) is 0 Å². The molecule has 8 nitrogen and oxygen atoms in total. The van der Waals surface area contributed by atoms with E-state index in [4.69, 9.17) is 0 Å². The van der Waals surface area contributed by atoms with E-state index < -0.39 is 20.0 Å². The number of benzene rings is 3. The highest BCUT2D eigenvalue weighted by atomic mass is 32.2. The van der Waals surface area contributed by atoms with E-state index in [9.17, 15) is 16.8 Å². The van der Waals surface area contributed by atoms with Crippen molar-refractivity contribution in [3.63, 3.8) is 0 Å². The zero-order valence-electron chi connectivity index (χ0n) is 21.5. The third-order valence-corrected chi connectivity index (χ3v) is 10.6. The number of para-hydroxylation sites is 1. The van der Waals surface area contributed by atoms with Crippen molar-refractivity contribution in [3.05, 3.63) is 77.9 Å². The van der Waals surface area contributed by atoms with Gasteiger partial charge in [-0.25, -0.2) is 16.8 Å². The maximum Gasteiger partial charge on any atom is 0.243 e. The smallest absolute Gasteiger partial charge is 0.243 e. The predicted molar refractivity (Wildman–Crippen MR) is 148 cm³/mol. The monoisotopic (exact) mass is 540 g/mol. The molecule has 0 saturated heterocycles.